The van der Waals surface area contributed by atoms with E-state index < -0.39 is 11.9 Å². The summed E-state index contributed by atoms with van der Waals surface area (Å²) >= 11 is 0. The summed E-state index contributed by atoms with van der Waals surface area (Å²) in [5.41, 5.74) is 1.37. The number of fused-ring (bicyclic) bond motifs is 2. The Hall–Kier alpha value is -3.15. The van der Waals surface area contributed by atoms with Gasteiger partial charge in [-0.05, 0) is 37.1 Å². The highest BCUT2D eigenvalue weighted by Crippen LogP contribution is 2.28. The number of carboxylic acids is 1. The minimum atomic E-state index is -0.905. The second kappa shape index (κ2) is 7.11. The molecule has 6 nitrogen and oxygen atoms in total. The highest BCUT2D eigenvalue weighted by molar-refractivity contribution is 5.95. The van der Waals surface area contributed by atoms with Gasteiger partial charge in [-0.25, -0.2) is 0 Å². The Morgan fingerprint density at radius 1 is 1.07 bits per heavy atom. The smallest absolute Gasteiger partial charge is 0.308 e. The summed E-state index contributed by atoms with van der Waals surface area (Å²) in [5.74, 6) is -1.64. The van der Waals surface area contributed by atoms with Gasteiger partial charge < -0.3 is 14.6 Å². The van der Waals surface area contributed by atoms with Crippen molar-refractivity contribution in [3.8, 4) is 0 Å². The summed E-state index contributed by atoms with van der Waals surface area (Å²) in [5, 5.41) is 10.4. The Balaban J connectivity index is 1.78. The zero-order chi connectivity index (χ0) is 19.8. The molecule has 1 aromatic heterocycles. The van der Waals surface area contributed by atoms with Gasteiger partial charge in [-0.3, -0.25) is 14.4 Å². The van der Waals surface area contributed by atoms with Crippen molar-refractivity contribution in [3.63, 3.8) is 0 Å². The van der Waals surface area contributed by atoms with E-state index in [4.69, 9.17) is 0 Å². The molecule has 1 N–H and O–H groups in total. The van der Waals surface area contributed by atoms with E-state index in [1.807, 2.05) is 41.0 Å². The first-order chi connectivity index (χ1) is 13.5. The van der Waals surface area contributed by atoms with E-state index in [1.165, 1.54) is 0 Å². The SMILES string of the molecule is CC(CN(C(=O)Cn1c2ccccc2c(=O)c2ccccc21)C1CC1)C(=O)O. The van der Waals surface area contributed by atoms with Gasteiger partial charge in [-0.2, -0.15) is 0 Å². The summed E-state index contributed by atoms with van der Waals surface area (Å²) in [6, 6.07) is 14.7. The number of hydrogen-bond donors (Lipinski definition) is 1. The number of para-hydroxylation sites is 2. The van der Waals surface area contributed by atoms with Crippen LogP contribution in [0.25, 0.3) is 21.8 Å². The first-order valence-electron chi connectivity index (χ1n) is 9.50. The minimum absolute atomic E-state index is 0.0477. The van der Waals surface area contributed by atoms with Gasteiger partial charge in [0.15, 0.2) is 5.43 Å². The number of carbonyl (C=O) groups excluding carboxylic acids is 1. The molecular weight excluding hydrogens is 356 g/mol. The quantitative estimate of drug-likeness (QED) is 0.669. The minimum Gasteiger partial charge on any atom is -0.481 e. The number of rotatable bonds is 6. The van der Waals surface area contributed by atoms with Crippen molar-refractivity contribution < 1.29 is 14.7 Å². The number of amides is 1. The number of benzene rings is 2. The van der Waals surface area contributed by atoms with Gasteiger partial charge >= 0.3 is 5.97 Å². The van der Waals surface area contributed by atoms with E-state index in [0.717, 1.165) is 12.8 Å². The van der Waals surface area contributed by atoms with E-state index in [2.05, 4.69) is 0 Å². The zero-order valence-electron chi connectivity index (χ0n) is 15.7. The summed E-state index contributed by atoms with van der Waals surface area (Å²) in [6.07, 6.45) is 1.81. The molecule has 1 fully saturated rings. The second-order valence-corrected chi connectivity index (χ2v) is 7.47. The van der Waals surface area contributed by atoms with Crippen molar-refractivity contribution in [3.05, 3.63) is 58.8 Å². The van der Waals surface area contributed by atoms with Crippen molar-refractivity contribution in [2.24, 2.45) is 5.92 Å². The van der Waals surface area contributed by atoms with Crippen LogP contribution in [0.1, 0.15) is 19.8 Å². The van der Waals surface area contributed by atoms with Crippen LogP contribution < -0.4 is 5.43 Å². The molecular formula is C22H22N2O4. The molecule has 28 heavy (non-hydrogen) atoms. The van der Waals surface area contributed by atoms with E-state index in [0.29, 0.717) is 21.8 Å². The van der Waals surface area contributed by atoms with Crippen molar-refractivity contribution in [1.29, 1.82) is 0 Å². The standard InChI is InChI=1S/C22H22N2O4/c1-14(22(27)28)12-23(15-10-11-15)20(25)13-24-18-8-4-2-6-16(18)21(26)17-7-3-5-9-19(17)24/h2-9,14-15H,10-13H2,1H3,(H,27,28). The molecule has 4 rings (SSSR count). The summed E-state index contributed by atoms with van der Waals surface area (Å²) in [6.45, 7) is 1.90. The third-order valence-electron chi connectivity index (χ3n) is 5.37. The lowest BCUT2D eigenvalue weighted by Gasteiger charge is -2.26. The van der Waals surface area contributed by atoms with Crippen molar-refractivity contribution >= 4 is 33.7 Å². The van der Waals surface area contributed by atoms with E-state index in [-0.39, 0.29) is 30.5 Å². The summed E-state index contributed by atoms with van der Waals surface area (Å²) in [4.78, 5) is 38.9. The van der Waals surface area contributed by atoms with Crippen LogP contribution in [0.3, 0.4) is 0 Å². The molecule has 1 saturated carbocycles. The van der Waals surface area contributed by atoms with Crippen molar-refractivity contribution in [1.82, 2.24) is 9.47 Å². The molecule has 6 heteroatoms. The van der Waals surface area contributed by atoms with Crippen LogP contribution in [-0.2, 0) is 16.1 Å². The van der Waals surface area contributed by atoms with Crippen molar-refractivity contribution in [2.45, 2.75) is 32.4 Å². The molecule has 2 aromatic carbocycles. The maximum atomic E-state index is 13.2. The van der Waals surface area contributed by atoms with Crippen LogP contribution in [-0.4, -0.2) is 39.0 Å². The highest BCUT2D eigenvalue weighted by Gasteiger charge is 2.34. The highest BCUT2D eigenvalue weighted by atomic mass is 16.4. The van der Waals surface area contributed by atoms with Crippen LogP contribution in [0.2, 0.25) is 0 Å². The van der Waals surface area contributed by atoms with Gasteiger partial charge in [-0.1, -0.05) is 31.2 Å². The molecule has 1 atom stereocenters. The molecule has 0 spiro atoms. The number of hydrogen-bond acceptors (Lipinski definition) is 3. The monoisotopic (exact) mass is 378 g/mol. The van der Waals surface area contributed by atoms with Gasteiger partial charge in [0.2, 0.25) is 5.91 Å². The average Bonchev–Trinajstić information content (AvgIpc) is 3.54. The van der Waals surface area contributed by atoms with Gasteiger partial charge in [0, 0.05) is 23.4 Å². The predicted molar refractivity (Wildman–Crippen MR) is 107 cm³/mol. The first-order valence-corrected chi connectivity index (χ1v) is 9.50. The van der Waals surface area contributed by atoms with Crippen LogP contribution in [0.4, 0.5) is 0 Å². The lowest BCUT2D eigenvalue weighted by Crippen LogP contribution is -2.40. The molecule has 144 valence electrons. The molecule has 0 radical (unpaired) electrons. The lowest BCUT2D eigenvalue weighted by atomic mass is 10.1. The molecule has 1 amide bonds. The molecule has 3 aromatic rings. The average molecular weight is 378 g/mol. The van der Waals surface area contributed by atoms with Gasteiger partial charge in [0.1, 0.15) is 6.54 Å². The normalized spacial score (nSPS) is 14.9. The number of aromatic nitrogens is 1. The maximum absolute atomic E-state index is 13.2. The predicted octanol–water partition coefficient (Wildman–Crippen LogP) is 2.87. The van der Waals surface area contributed by atoms with E-state index in [1.54, 1.807) is 24.0 Å². The van der Waals surface area contributed by atoms with Crippen LogP contribution in [0.15, 0.2) is 53.3 Å². The fraction of sp³-hybridized carbons (Fsp3) is 0.318. The molecule has 0 aliphatic heterocycles. The zero-order valence-corrected chi connectivity index (χ0v) is 15.7. The number of aliphatic carboxylic acids is 1. The Kier molecular flexibility index (Phi) is 4.63. The van der Waals surface area contributed by atoms with Crippen LogP contribution in [0.5, 0.6) is 0 Å². The number of nitrogens with zero attached hydrogens (tertiary/aromatic N) is 2. The summed E-state index contributed by atoms with van der Waals surface area (Å²) < 4.78 is 1.87. The number of carboxylic acid groups (broad SMARTS) is 1. The first kappa shape index (κ1) is 18.2. The summed E-state index contributed by atoms with van der Waals surface area (Å²) in [7, 11) is 0. The van der Waals surface area contributed by atoms with Gasteiger partial charge in [-0.15, -0.1) is 0 Å². The fourth-order valence-corrected chi connectivity index (χ4v) is 3.69. The Bertz CT molecular complexity index is 1070. The third-order valence-corrected chi connectivity index (χ3v) is 5.37. The van der Waals surface area contributed by atoms with Crippen LogP contribution >= 0.6 is 0 Å². The molecule has 1 unspecified atom stereocenters. The molecule has 0 saturated heterocycles. The van der Waals surface area contributed by atoms with Crippen molar-refractivity contribution in [2.75, 3.05) is 6.54 Å². The molecule has 0 bridgehead atoms. The number of carbonyl (C=O) groups is 2. The fourth-order valence-electron chi connectivity index (χ4n) is 3.69. The van der Waals surface area contributed by atoms with Gasteiger partial charge in [0.25, 0.3) is 0 Å². The maximum Gasteiger partial charge on any atom is 0.308 e. The Morgan fingerprint density at radius 3 is 2.11 bits per heavy atom. The molecule has 1 aliphatic carbocycles. The molecule has 1 aliphatic rings. The topological polar surface area (TPSA) is 79.6 Å². The Morgan fingerprint density at radius 2 is 1.61 bits per heavy atom. The van der Waals surface area contributed by atoms with Crippen LogP contribution in [0, 0.1) is 5.92 Å². The largest absolute Gasteiger partial charge is 0.481 e. The number of pyridine rings is 1. The Labute approximate surface area is 162 Å². The lowest BCUT2D eigenvalue weighted by molar-refractivity contribution is -0.143. The third kappa shape index (κ3) is 3.26. The van der Waals surface area contributed by atoms with E-state index in [9.17, 15) is 19.5 Å². The van der Waals surface area contributed by atoms with Gasteiger partial charge in [0.05, 0.1) is 17.0 Å². The second-order valence-electron chi connectivity index (χ2n) is 7.47. The van der Waals surface area contributed by atoms with E-state index >= 15 is 0 Å². The molecule has 1 heterocycles.